The van der Waals surface area contributed by atoms with E-state index in [0.717, 1.165) is 36.9 Å². The van der Waals surface area contributed by atoms with Crippen molar-refractivity contribution in [1.29, 1.82) is 0 Å². The van der Waals surface area contributed by atoms with Gasteiger partial charge in [0.1, 0.15) is 11.5 Å². The van der Waals surface area contributed by atoms with Crippen LogP contribution in [-0.2, 0) is 11.2 Å². The van der Waals surface area contributed by atoms with Gasteiger partial charge in [-0.1, -0.05) is 6.07 Å². The van der Waals surface area contributed by atoms with E-state index in [1.54, 1.807) is 7.11 Å². The molecule has 100 valence electrons. The van der Waals surface area contributed by atoms with Crippen molar-refractivity contribution < 1.29 is 9.53 Å². The minimum absolute atomic E-state index is 0.213. The lowest BCUT2D eigenvalue weighted by atomic mass is 9.95. The molecule has 1 unspecified atom stereocenters. The molecule has 1 saturated carbocycles. The summed E-state index contributed by atoms with van der Waals surface area (Å²) in [6.45, 7) is 2.11. The Bertz CT molecular complexity index is 627. The van der Waals surface area contributed by atoms with Crippen molar-refractivity contribution in [2.24, 2.45) is 5.92 Å². The topological polar surface area (TPSA) is 42.1 Å². The smallest absolute Gasteiger partial charge is 0.142 e. The molecular formula is C16H19NO2. The normalized spacial score (nSPS) is 19.3. The number of hydrogen-bond acceptors (Lipinski definition) is 2. The third-order valence-electron chi connectivity index (χ3n) is 4.20. The number of aromatic amines is 1. The number of methoxy groups -OCH3 is 1. The Kier molecular flexibility index (Phi) is 3.05. The summed E-state index contributed by atoms with van der Waals surface area (Å²) in [6, 6.07) is 4.06. The predicted octanol–water partition coefficient (Wildman–Crippen LogP) is 3.40. The van der Waals surface area contributed by atoms with Gasteiger partial charge in [0.05, 0.1) is 12.6 Å². The SMILES string of the molecule is COc1ccc(C)c2c(CC3CCCC3=O)c[nH]c12. The average molecular weight is 257 g/mol. The maximum absolute atomic E-state index is 11.8. The van der Waals surface area contributed by atoms with E-state index in [0.29, 0.717) is 5.78 Å². The van der Waals surface area contributed by atoms with Crippen LogP contribution in [0.3, 0.4) is 0 Å². The minimum atomic E-state index is 0.213. The highest BCUT2D eigenvalue weighted by Crippen LogP contribution is 2.33. The van der Waals surface area contributed by atoms with Crippen LogP contribution in [0.2, 0.25) is 0 Å². The fourth-order valence-electron chi connectivity index (χ4n) is 3.18. The van der Waals surface area contributed by atoms with Crippen LogP contribution in [0.15, 0.2) is 18.3 Å². The Balaban J connectivity index is 2.02. The summed E-state index contributed by atoms with van der Waals surface area (Å²) in [6.07, 6.45) is 5.73. The van der Waals surface area contributed by atoms with Crippen LogP contribution < -0.4 is 4.74 Å². The molecule has 1 atom stereocenters. The van der Waals surface area contributed by atoms with Gasteiger partial charge in [-0.25, -0.2) is 0 Å². The predicted molar refractivity (Wildman–Crippen MR) is 75.6 cm³/mol. The van der Waals surface area contributed by atoms with E-state index in [9.17, 15) is 4.79 Å². The van der Waals surface area contributed by atoms with Crippen LogP contribution in [0.25, 0.3) is 10.9 Å². The molecule has 0 amide bonds. The van der Waals surface area contributed by atoms with Crippen molar-refractivity contribution in [3.05, 3.63) is 29.5 Å². The zero-order valence-corrected chi connectivity index (χ0v) is 11.5. The summed E-state index contributed by atoms with van der Waals surface area (Å²) in [5.74, 6) is 1.50. The molecule has 1 N–H and O–H groups in total. The highest BCUT2D eigenvalue weighted by molar-refractivity contribution is 5.92. The van der Waals surface area contributed by atoms with Crippen molar-refractivity contribution >= 4 is 16.7 Å². The van der Waals surface area contributed by atoms with Crippen LogP contribution in [-0.4, -0.2) is 17.9 Å². The van der Waals surface area contributed by atoms with Crippen molar-refractivity contribution in [2.75, 3.05) is 7.11 Å². The Labute approximate surface area is 113 Å². The molecule has 2 aromatic rings. The highest BCUT2D eigenvalue weighted by Gasteiger charge is 2.25. The number of hydrogen-bond donors (Lipinski definition) is 1. The zero-order valence-electron chi connectivity index (χ0n) is 11.5. The largest absolute Gasteiger partial charge is 0.495 e. The molecule has 19 heavy (non-hydrogen) atoms. The monoisotopic (exact) mass is 257 g/mol. The quantitative estimate of drug-likeness (QED) is 0.915. The van der Waals surface area contributed by atoms with E-state index in [1.807, 2.05) is 12.3 Å². The lowest BCUT2D eigenvalue weighted by molar-refractivity contribution is -0.120. The first kappa shape index (κ1) is 12.3. The summed E-state index contributed by atoms with van der Waals surface area (Å²) >= 11 is 0. The van der Waals surface area contributed by atoms with Gasteiger partial charge in [-0.15, -0.1) is 0 Å². The second kappa shape index (κ2) is 4.72. The Morgan fingerprint density at radius 1 is 1.42 bits per heavy atom. The molecule has 0 radical (unpaired) electrons. The molecule has 1 fully saturated rings. The number of aromatic nitrogens is 1. The molecule has 0 bridgehead atoms. The van der Waals surface area contributed by atoms with Gasteiger partial charge in [0.15, 0.2) is 0 Å². The molecule has 1 aromatic heterocycles. The number of fused-ring (bicyclic) bond motifs is 1. The van der Waals surface area contributed by atoms with Gasteiger partial charge in [0.2, 0.25) is 0 Å². The van der Waals surface area contributed by atoms with E-state index in [4.69, 9.17) is 4.74 Å². The molecule has 3 nitrogen and oxygen atoms in total. The number of nitrogens with one attached hydrogen (secondary N) is 1. The standard InChI is InChI=1S/C16H19NO2/c1-10-6-7-14(19-2)16-15(10)12(9-17-16)8-11-4-3-5-13(11)18/h6-7,9,11,17H,3-5,8H2,1-2H3. The summed E-state index contributed by atoms with van der Waals surface area (Å²) in [5, 5.41) is 1.22. The Morgan fingerprint density at radius 2 is 2.26 bits per heavy atom. The molecule has 1 heterocycles. The Morgan fingerprint density at radius 3 is 2.95 bits per heavy atom. The number of carbonyl (C=O) groups is 1. The van der Waals surface area contributed by atoms with Crippen LogP contribution in [0.4, 0.5) is 0 Å². The molecule has 1 aliphatic carbocycles. The van der Waals surface area contributed by atoms with Gasteiger partial charge in [0, 0.05) is 23.9 Å². The van der Waals surface area contributed by atoms with Crippen molar-refractivity contribution in [3.63, 3.8) is 0 Å². The third kappa shape index (κ3) is 2.03. The number of ether oxygens (including phenoxy) is 1. The fraction of sp³-hybridized carbons (Fsp3) is 0.438. The molecule has 0 spiro atoms. The lowest BCUT2D eigenvalue weighted by Crippen LogP contribution is -2.09. The third-order valence-corrected chi connectivity index (χ3v) is 4.20. The highest BCUT2D eigenvalue weighted by atomic mass is 16.5. The van der Waals surface area contributed by atoms with Crippen molar-refractivity contribution in [3.8, 4) is 5.75 Å². The molecule has 0 aliphatic heterocycles. The number of aryl methyl sites for hydroxylation is 1. The summed E-state index contributed by atoms with van der Waals surface area (Å²) < 4.78 is 5.39. The summed E-state index contributed by atoms with van der Waals surface area (Å²) in [7, 11) is 1.69. The summed E-state index contributed by atoms with van der Waals surface area (Å²) in [4.78, 5) is 15.1. The molecule has 3 heteroatoms. The average Bonchev–Trinajstić information content (AvgIpc) is 2.99. The van der Waals surface area contributed by atoms with E-state index < -0.39 is 0 Å². The fourth-order valence-corrected chi connectivity index (χ4v) is 3.18. The van der Waals surface area contributed by atoms with Gasteiger partial charge in [-0.05, 0) is 43.4 Å². The van der Waals surface area contributed by atoms with E-state index in [-0.39, 0.29) is 5.92 Å². The maximum Gasteiger partial charge on any atom is 0.142 e. The number of ketones is 1. The molecule has 0 saturated heterocycles. The van der Waals surface area contributed by atoms with Gasteiger partial charge in [-0.3, -0.25) is 4.79 Å². The first-order chi connectivity index (χ1) is 9.20. The number of carbonyl (C=O) groups excluding carboxylic acids is 1. The van der Waals surface area contributed by atoms with Crippen LogP contribution >= 0.6 is 0 Å². The van der Waals surface area contributed by atoms with E-state index >= 15 is 0 Å². The molecular weight excluding hydrogens is 238 g/mol. The number of H-pyrrole nitrogens is 1. The van der Waals surface area contributed by atoms with Crippen molar-refractivity contribution in [2.45, 2.75) is 32.6 Å². The molecule has 1 aromatic carbocycles. The lowest BCUT2D eigenvalue weighted by Gasteiger charge is -2.09. The minimum Gasteiger partial charge on any atom is -0.495 e. The second-order valence-electron chi connectivity index (χ2n) is 5.41. The van der Waals surface area contributed by atoms with Crippen LogP contribution in [0.5, 0.6) is 5.75 Å². The van der Waals surface area contributed by atoms with Gasteiger partial charge >= 0.3 is 0 Å². The van der Waals surface area contributed by atoms with Gasteiger partial charge < -0.3 is 9.72 Å². The second-order valence-corrected chi connectivity index (χ2v) is 5.41. The number of rotatable bonds is 3. The van der Waals surface area contributed by atoms with Crippen LogP contribution in [0, 0.1) is 12.8 Å². The van der Waals surface area contributed by atoms with Gasteiger partial charge in [0.25, 0.3) is 0 Å². The van der Waals surface area contributed by atoms with Crippen LogP contribution in [0.1, 0.15) is 30.4 Å². The first-order valence-electron chi connectivity index (χ1n) is 6.87. The van der Waals surface area contributed by atoms with Gasteiger partial charge in [-0.2, -0.15) is 0 Å². The number of Topliss-reactive ketones (excluding diaryl/α,β-unsaturated/α-hetero) is 1. The zero-order chi connectivity index (χ0) is 13.4. The number of benzene rings is 1. The summed E-state index contributed by atoms with van der Waals surface area (Å²) in [5.41, 5.74) is 3.52. The van der Waals surface area contributed by atoms with E-state index in [1.165, 1.54) is 16.5 Å². The molecule has 3 rings (SSSR count). The van der Waals surface area contributed by atoms with E-state index in [2.05, 4.69) is 18.0 Å². The first-order valence-corrected chi connectivity index (χ1v) is 6.87. The molecule has 1 aliphatic rings. The Hall–Kier alpha value is -1.77. The maximum atomic E-state index is 11.8. The van der Waals surface area contributed by atoms with Crippen molar-refractivity contribution in [1.82, 2.24) is 4.98 Å².